The van der Waals surface area contributed by atoms with E-state index < -0.39 is 22.5 Å². The van der Waals surface area contributed by atoms with Gasteiger partial charge in [0.2, 0.25) is 0 Å². The van der Waals surface area contributed by atoms with Crippen LogP contribution in [0.1, 0.15) is 20.0 Å². The summed E-state index contributed by atoms with van der Waals surface area (Å²) in [6, 6.07) is 5.24. The molecule has 0 saturated carbocycles. The number of carboxylic acid groups (broad SMARTS) is 1. The van der Waals surface area contributed by atoms with E-state index in [9.17, 15) is 19.7 Å². The first-order chi connectivity index (χ1) is 9.91. The van der Waals surface area contributed by atoms with E-state index in [1.54, 1.807) is 0 Å². The van der Waals surface area contributed by atoms with Crippen LogP contribution in [0.25, 0.3) is 0 Å². The van der Waals surface area contributed by atoms with Crippen molar-refractivity contribution >= 4 is 46.2 Å². The summed E-state index contributed by atoms with van der Waals surface area (Å²) < 4.78 is 0. The van der Waals surface area contributed by atoms with Crippen molar-refractivity contribution in [2.24, 2.45) is 0 Å². The monoisotopic (exact) mass is 326 g/mol. The number of aromatic carboxylic acids is 1. The van der Waals surface area contributed by atoms with Gasteiger partial charge < -0.3 is 10.4 Å². The number of carboxylic acids is 1. The summed E-state index contributed by atoms with van der Waals surface area (Å²) in [6.45, 7) is 0. The summed E-state index contributed by atoms with van der Waals surface area (Å²) in [5.74, 6) is -1.89. The second-order valence-electron chi connectivity index (χ2n) is 3.82. The first-order valence-electron chi connectivity index (χ1n) is 5.47. The predicted octanol–water partition coefficient (Wildman–Crippen LogP) is 3.26. The summed E-state index contributed by atoms with van der Waals surface area (Å²) in [6.07, 6.45) is 0. The molecule has 0 radical (unpaired) electrons. The first-order valence-corrected chi connectivity index (χ1v) is 6.72. The number of thiophene rings is 1. The average Bonchev–Trinajstić information content (AvgIpc) is 2.86. The average molecular weight is 327 g/mol. The van der Waals surface area contributed by atoms with Gasteiger partial charge in [-0.15, -0.1) is 11.3 Å². The highest BCUT2D eigenvalue weighted by atomic mass is 35.5. The molecule has 0 bridgehead atoms. The molecule has 0 saturated heterocycles. The Balaban J connectivity index is 2.33. The Bertz CT molecular complexity index is 743. The van der Waals surface area contributed by atoms with E-state index in [-0.39, 0.29) is 21.2 Å². The molecule has 0 atom stereocenters. The van der Waals surface area contributed by atoms with Gasteiger partial charge in [0, 0.05) is 6.07 Å². The lowest BCUT2D eigenvalue weighted by atomic mass is 10.2. The molecule has 0 aliphatic heterocycles. The molecule has 2 rings (SSSR count). The lowest BCUT2D eigenvalue weighted by Crippen LogP contribution is -2.14. The molecular formula is C12H7ClN2O5S. The second kappa shape index (κ2) is 5.90. The number of nitrogens with zero attached hydrogens (tertiary/aromatic N) is 1. The lowest BCUT2D eigenvalue weighted by Gasteiger charge is -2.06. The Labute approximate surface area is 126 Å². The van der Waals surface area contributed by atoms with Crippen molar-refractivity contribution in [3.63, 3.8) is 0 Å². The van der Waals surface area contributed by atoms with Crippen LogP contribution in [0, 0.1) is 10.1 Å². The summed E-state index contributed by atoms with van der Waals surface area (Å²) in [5.41, 5.74) is -0.387. The molecular weight excluding hydrogens is 320 g/mol. The predicted molar refractivity (Wildman–Crippen MR) is 77.3 cm³/mol. The number of nitro benzene ring substituents is 1. The quantitative estimate of drug-likeness (QED) is 0.662. The molecule has 0 spiro atoms. The van der Waals surface area contributed by atoms with E-state index in [0.29, 0.717) is 0 Å². The van der Waals surface area contributed by atoms with Gasteiger partial charge in [-0.2, -0.15) is 0 Å². The van der Waals surface area contributed by atoms with Crippen LogP contribution in [0.15, 0.2) is 29.6 Å². The number of anilines is 1. The molecule has 9 heteroatoms. The molecule has 0 aliphatic rings. The van der Waals surface area contributed by atoms with Crippen LogP contribution in [0.4, 0.5) is 11.4 Å². The molecule has 1 aromatic heterocycles. The maximum Gasteiger partial charge on any atom is 0.348 e. The minimum Gasteiger partial charge on any atom is -0.477 e. The van der Waals surface area contributed by atoms with Crippen molar-refractivity contribution in [1.82, 2.24) is 0 Å². The fraction of sp³-hybridized carbons (Fsp3) is 0. The largest absolute Gasteiger partial charge is 0.477 e. The van der Waals surface area contributed by atoms with Crippen molar-refractivity contribution in [2.75, 3.05) is 5.32 Å². The summed E-state index contributed by atoms with van der Waals surface area (Å²) in [7, 11) is 0. The van der Waals surface area contributed by atoms with Gasteiger partial charge in [0.05, 0.1) is 16.2 Å². The number of nitrogens with one attached hydrogen (secondary N) is 1. The van der Waals surface area contributed by atoms with E-state index in [1.807, 2.05) is 0 Å². The highest BCUT2D eigenvalue weighted by Gasteiger charge is 2.21. The summed E-state index contributed by atoms with van der Waals surface area (Å²) in [4.78, 5) is 33.1. The van der Waals surface area contributed by atoms with Gasteiger partial charge in [0.1, 0.15) is 9.90 Å². The number of carbonyl (C=O) groups excluding carboxylic acids is 1. The Morgan fingerprint density at radius 3 is 2.67 bits per heavy atom. The maximum atomic E-state index is 12.1. The third kappa shape index (κ3) is 3.01. The normalized spacial score (nSPS) is 10.1. The van der Waals surface area contributed by atoms with E-state index in [0.717, 1.165) is 11.3 Å². The SMILES string of the molecule is O=C(Nc1ccsc1C(=O)O)c1cccc([N+](=O)[O-])c1Cl. The smallest absolute Gasteiger partial charge is 0.348 e. The molecule has 108 valence electrons. The maximum absolute atomic E-state index is 12.1. The van der Waals surface area contributed by atoms with Gasteiger partial charge in [-0.1, -0.05) is 17.7 Å². The zero-order valence-corrected chi connectivity index (χ0v) is 11.8. The molecule has 1 heterocycles. The minimum atomic E-state index is -1.18. The molecule has 7 nitrogen and oxygen atoms in total. The van der Waals surface area contributed by atoms with Crippen LogP contribution in [0.5, 0.6) is 0 Å². The van der Waals surface area contributed by atoms with Crippen LogP contribution in [0.3, 0.4) is 0 Å². The van der Waals surface area contributed by atoms with Gasteiger partial charge in [-0.3, -0.25) is 14.9 Å². The van der Waals surface area contributed by atoms with Crippen LogP contribution in [0.2, 0.25) is 5.02 Å². The van der Waals surface area contributed by atoms with E-state index in [1.165, 1.54) is 29.6 Å². The Morgan fingerprint density at radius 1 is 1.33 bits per heavy atom. The fourth-order valence-corrected chi connectivity index (χ4v) is 2.57. The van der Waals surface area contributed by atoms with E-state index >= 15 is 0 Å². The number of halogens is 1. The highest BCUT2D eigenvalue weighted by Crippen LogP contribution is 2.29. The topological polar surface area (TPSA) is 110 Å². The molecule has 0 fully saturated rings. The zero-order valence-electron chi connectivity index (χ0n) is 10.2. The third-order valence-electron chi connectivity index (χ3n) is 2.53. The second-order valence-corrected chi connectivity index (χ2v) is 5.11. The molecule has 1 amide bonds. The first kappa shape index (κ1) is 14.9. The van der Waals surface area contributed by atoms with Gasteiger partial charge in [0.25, 0.3) is 11.6 Å². The molecule has 0 unspecified atom stereocenters. The number of rotatable bonds is 4. The van der Waals surface area contributed by atoms with Gasteiger partial charge >= 0.3 is 5.97 Å². The van der Waals surface area contributed by atoms with Crippen molar-refractivity contribution < 1.29 is 19.6 Å². The van der Waals surface area contributed by atoms with Crippen LogP contribution in [-0.4, -0.2) is 21.9 Å². The number of hydrogen-bond acceptors (Lipinski definition) is 5. The summed E-state index contributed by atoms with van der Waals surface area (Å²) >= 11 is 6.78. The van der Waals surface area contributed by atoms with Crippen molar-refractivity contribution in [2.45, 2.75) is 0 Å². The zero-order chi connectivity index (χ0) is 15.6. The molecule has 2 aromatic rings. The number of nitro groups is 1. The standard InChI is InChI=1S/C12H7ClN2O5S/c13-9-6(2-1-3-8(9)15(19)20)11(16)14-7-4-5-21-10(7)12(17)18/h1-5H,(H,14,16)(H,17,18). The minimum absolute atomic E-state index is 0.0371. The lowest BCUT2D eigenvalue weighted by molar-refractivity contribution is -0.384. The van der Waals surface area contributed by atoms with Crippen LogP contribution in [-0.2, 0) is 0 Å². The highest BCUT2D eigenvalue weighted by molar-refractivity contribution is 7.12. The molecule has 0 aliphatic carbocycles. The van der Waals surface area contributed by atoms with Crippen LogP contribution >= 0.6 is 22.9 Å². The van der Waals surface area contributed by atoms with Gasteiger partial charge in [-0.25, -0.2) is 4.79 Å². The van der Waals surface area contributed by atoms with E-state index in [4.69, 9.17) is 16.7 Å². The van der Waals surface area contributed by atoms with Crippen molar-refractivity contribution in [3.8, 4) is 0 Å². The van der Waals surface area contributed by atoms with Gasteiger partial charge in [0.15, 0.2) is 0 Å². The van der Waals surface area contributed by atoms with E-state index in [2.05, 4.69) is 5.32 Å². The number of hydrogen-bond donors (Lipinski definition) is 2. The molecule has 1 aromatic carbocycles. The number of carbonyl (C=O) groups is 2. The molecule has 2 N–H and O–H groups in total. The van der Waals surface area contributed by atoms with Crippen molar-refractivity contribution in [3.05, 3.63) is 55.2 Å². The summed E-state index contributed by atoms with van der Waals surface area (Å²) in [5, 5.41) is 23.3. The Morgan fingerprint density at radius 2 is 2.05 bits per heavy atom. The third-order valence-corrected chi connectivity index (χ3v) is 3.83. The number of amides is 1. The van der Waals surface area contributed by atoms with Gasteiger partial charge in [-0.05, 0) is 17.5 Å². The Hall–Kier alpha value is -2.45. The van der Waals surface area contributed by atoms with Crippen molar-refractivity contribution in [1.29, 1.82) is 0 Å². The number of benzene rings is 1. The Kier molecular flexibility index (Phi) is 4.20. The fourth-order valence-electron chi connectivity index (χ4n) is 1.60. The van der Waals surface area contributed by atoms with Crippen LogP contribution < -0.4 is 5.32 Å². The molecule has 21 heavy (non-hydrogen) atoms.